The number of carbonyl (C=O) groups is 1. The maximum Gasteiger partial charge on any atom is 0.307 e. The zero-order valence-corrected chi connectivity index (χ0v) is 8.82. The van der Waals surface area contributed by atoms with E-state index in [1.807, 2.05) is 12.1 Å². The molecule has 80 valence electrons. The fraction of sp³-hybridized carbons (Fsp3) is 0.273. The minimum Gasteiger partial charge on any atom is -0.481 e. The van der Waals surface area contributed by atoms with Gasteiger partial charge in [-0.2, -0.15) is 0 Å². The third-order valence-corrected chi connectivity index (χ3v) is 2.04. The predicted octanol–water partition coefficient (Wildman–Crippen LogP) is 0.909. The first-order valence-corrected chi connectivity index (χ1v) is 4.63. The summed E-state index contributed by atoms with van der Waals surface area (Å²) in [6.07, 6.45) is 0.0540. The number of hydrogen-bond acceptors (Lipinski definition) is 2. The number of carboxylic acid groups (broad SMARTS) is 1. The molecular weight excluding hydrogens is 192 g/mol. The van der Waals surface area contributed by atoms with Gasteiger partial charge >= 0.3 is 5.97 Å². The van der Waals surface area contributed by atoms with E-state index in [9.17, 15) is 4.79 Å². The predicted molar refractivity (Wildman–Crippen MR) is 59.3 cm³/mol. The van der Waals surface area contributed by atoms with Crippen LogP contribution in [-0.4, -0.2) is 31.0 Å². The van der Waals surface area contributed by atoms with Gasteiger partial charge in [-0.3, -0.25) is 9.79 Å². The molecule has 0 amide bonds. The summed E-state index contributed by atoms with van der Waals surface area (Å²) in [5, 5.41) is 11.6. The van der Waals surface area contributed by atoms with Gasteiger partial charge in [-0.1, -0.05) is 24.3 Å². The van der Waals surface area contributed by atoms with Crippen molar-refractivity contribution in [3.05, 3.63) is 35.4 Å². The van der Waals surface area contributed by atoms with E-state index in [4.69, 9.17) is 5.11 Å². The number of nitrogens with one attached hydrogen (secondary N) is 1. The molecule has 4 heteroatoms. The van der Waals surface area contributed by atoms with Crippen LogP contribution >= 0.6 is 0 Å². The Labute approximate surface area is 88.7 Å². The maximum absolute atomic E-state index is 10.5. The highest BCUT2D eigenvalue weighted by Crippen LogP contribution is 2.05. The van der Waals surface area contributed by atoms with Gasteiger partial charge in [0, 0.05) is 19.7 Å². The molecular formula is C11H14N2O2. The standard InChI is InChI=1S/C11H14N2O2/c1-12-11(13-2)9-5-3-8(4-6-9)7-10(14)15/h3-6H,7H2,1-2H3,(H,12,13)(H,14,15). The normalized spacial score (nSPS) is 11.2. The van der Waals surface area contributed by atoms with Crippen molar-refractivity contribution in [2.75, 3.05) is 14.1 Å². The van der Waals surface area contributed by atoms with Gasteiger partial charge in [-0.15, -0.1) is 0 Å². The van der Waals surface area contributed by atoms with Gasteiger partial charge in [-0.05, 0) is 5.56 Å². The van der Waals surface area contributed by atoms with Crippen molar-refractivity contribution in [1.82, 2.24) is 5.32 Å². The smallest absolute Gasteiger partial charge is 0.307 e. The molecule has 0 heterocycles. The molecule has 15 heavy (non-hydrogen) atoms. The second kappa shape index (κ2) is 5.14. The van der Waals surface area contributed by atoms with E-state index in [1.165, 1.54) is 0 Å². The lowest BCUT2D eigenvalue weighted by Crippen LogP contribution is -2.19. The molecule has 0 fully saturated rings. The van der Waals surface area contributed by atoms with Crippen molar-refractivity contribution >= 4 is 11.8 Å². The van der Waals surface area contributed by atoms with E-state index in [1.54, 1.807) is 26.2 Å². The number of carboxylic acids is 1. The lowest BCUT2D eigenvalue weighted by atomic mass is 10.1. The van der Waals surface area contributed by atoms with Crippen LogP contribution in [0.5, 0.6) is 0 Å². The van der Waals surface area contributed by atoms with E-state index in [0.717, 1.165) is 17.0 Å². The molecule has 1 aromatic carbocycles. The van der Waals surface area contributed by atoms with Crippen molar-refractivity contribution in [1.29, 1.82) is 0 Å². The van der Waals surface area contributed by atoms with E-state index < -0.39 is 5.97 Å². The van der Waals surface area contributed by atoms with Crippen LogP contribution in [0, 0.1) is 0 Å². The summed E-state index contributed by atoms with van der Waals surface area (Å²) in [6.45, 7) is 0. The largest absolute Gasteiger partial charge is 0.481 e. The van der Waals surface area contributed by atoms with Crippen LogP contribution in [0.4, 0.5) is 0 Å². The van der Waals surface area contributed by atoms with Crippen molar-refractivity contribution in [3.63, 3.8) is 0 Å². The van der Waals surface area contributed by atoms with Crippen LogP contribution in [0.15, 0.2) is 29.3 Å². The molecule has 0 saturated heterocycles. The van der Waals surface area contributed by atoms with Crippen molar-refractivity contribution < 1.29 is 9.90 Å². The molecule has 2 N–H and O–H groups in total. The first-order valence-electron chi connectivity index (χ1n) is 4.63. The molecule has 0 bridgehead atoms. The molecule has 1 rings (SSSR count). The molecule has 0 aromatic heterocycles. The topological polar surface area (TPSA) is 61.7 Å². The quantitative estimate of drug-likeness (QED) is 0.570. The highest BCUT2D eigenvalue weighted by atomic mass is 16.4. The van der Waals surface area contributed by atoms with Crippen molar-refractivity contribution in [2.45, 2.75) is 6.42 Å². The number of aliphatic imine (C=N–C) groups is 1. The Morgan fingerprint density at radius 1 is 1.40 bits per heavy atom. The van der Waals surface area contributed by atoms with Crippen LogP contribution in [0.2, 0.25) is 0 Å². The van der Waals surface area contributed by atoms with E-state index in [0.29, 0.717) is 0 Å². The van der Waals surface area contributed by atoms with Gasteiger partial charge in [0.1, 0.15) is 5.84 Å². The van der Waals surface area contributed by atoms with Crippen molar-refractivity contribution in [3.8, 4) is 0 Å². The van der Waals surface area contributed by atoms with Crippen LogP contribution in [0.3, 0.4) is 0 Å². The Hall–Kier alpha value is -1.84. The number of rotatable bonds is 3. The zero-order valence-electron chi connectivity index (χ0n) is 8.82. The third kappa shape index (κ3) is 3.09. The van der Waals surface area contributed by atoms with E-state index in [-0.39, 0.29) is 6.42 Å². The average Bonchev–Trinajstić information content (AvgIpc) is 2.21. The van der Waals surface area contributed by atoms with E-state index >= 15 is 0 Å². The Balaban J connectivity index is 2.85. The van der Waals surface area contributed by atoms with Gasteiger partial charge in [0.15, 0.2) is 0 Å². The number of aliphatic carboxylic acids is 1. The minimum absolute atomic E-state index is 0.0540. The third-order valence-electron chi connectivity index (χ3n) is 2.04. The Morgan fingerprint density at radius 3 is 2.40 bits per heavy atom. The fourth-order valence-electron chi connectivity index (χ4n) is 1.34. The molecule has 0 aliphatic carbocycles. The Morgan fingerprint density at radius 2 is 2.00 bits per heavy atom. The Bertz CT molecular complexity index is 369. The van der Waals surface area contributed by atoms with Crippen LogP contribution < -0.4 is 5.32 Å². The zero-order chi connectivity index (χ0) is 11.3. The summed E-state index contributed by atoms with van der Waals surface area (Å²) in [4.78, 5) is 14.5. The monoisotopic (exact) mass is 206 g/mol. The SMILES string of the molecule is CN=C(NC)c1ccc(CC(=O)O)cc1. The second-order valence-corrected chi connectivity index (χ2v) is 3.09. The fourth-order valence-corrected chi connectivity index (χ4v) is 1.34. The molecule has 0 atom stereocenters. The van der Waals surface area contributed by atoms with Gasteiger partial charge in [-0.25, -0.2) is 0 Å². The summed E-state index contributed by atoms with van der Waals surface area (Å²) >= 11 is 0. The summed E-state index contributed by atoms with van der Waals surface area (Å²) < 4.78 is 0. The summed E-state index contributed by atoms with van der Waals surface area (Å²) in [5.74, 6) is -0.0300. The lowest BCUT2D eigenvalue weighted by Gasteiger charge is -2.05. The van der Waals surface area contributed by atoms with Crippen molar-refractivity contribution in [2.24, 2.45) is 4.99 Å². The van der Waals surface area contributed by atoms with Crippen LogP contribution in [0.1, 0.15) is 11.1 Å². The number of benzene rings is 1. The maximum atomic E-state index is 10.5. The first kappa shape index (κ1) is 11.2. The molecule has 0 aliphatic rings. The van der Waals surface area contributed by atoms with Crippen LogP contribution in [-0.2, 0) is 11.2 Å². The van der Waals surface area contributed by atoms with Crippen LogP contribution in [0.25, 0.3) is 0 Å². The molecule has 0 aliphatic heterocycles. The van der Waals surface area contributed by atoms with Gasteiger partial charge in [0.2, 0.25) is 0 Å². The number of amidine groups is 1. The first-order chi connectivity index (χ1) is 7.17. The second-order valence-electron chi connectivity index (χ2n) is 3.09. The molecule has 0 unspecified atom stereocenters. The minimum atomic E-state index is -0.819. The summed E-state index contributed by atoms with van der Waals surface area (Å²) in [5.41, 5.74) is 1.74. The molecule has 0 radical (unpaired) electrons. The number of nitrogens with zero attached hydrogens (tertiary/aromatic N) is 1. The molecule has 1 aromatic rings. The van der Waals surface area contributed by atoms with Gasteiger partial charge < -0.3 is 10.4 Å². The van der Waals surface area contributed by atoms with E-state index in [2.05, 4.69) is 10.3 Å². The molecule has 0 spiro atoms. The van der Waals surface area contributed by atoms with Gasteiger partial charge in [0.25, 0.3) is 0 Å². The molecule has 4 nitrogen and oxygen atoms in total. The number of hydrogen-bond donors (Lipinski definition) is 2. The Kier molecular flexibility index (Phi) is 3.85. The highest BCUT2D eigenvalue weighted by Gasteiger charge is 2.02. The van der Waals surface area contributed by atoms with Gasteiger partial charge in [0.05, 0.1) is 6.42 Å². The summed E-state index contributed by atoms with van der Waals surface area (Å²) in [7, 11) is 3.50. The lowest BCUT2D eigenvalue weighted by molar-refractivity contribution is -0.136. The highest BCUT2D eigenvalue weighted by molar-refractivity contribution is 5.98. The average molecular weight is 206 g/mol. The summed E-state index contributed by atoms with van der Waals surface area (Å²) in [6, 6.07) is 7.31. The molecule has 0 saturated carbocycles.